The second-order valence-electron chi connectivity index (χ2n) is 3.55. The Morgan fingerprint density at radius 1 is 1.40 bits per heavy atom. The quantitative estimate of drug-likeness (QED) is 0.755. The Labute approximate surface area is 94.7 Å². The summed E-state index contributed by atoms with van der Waals surface area (Å²) < 4.78 is 0. The largest absolute Gasteiger partial charge is 0.481 e. The van der Waals surface area contributed by atoms with E-state index in [2.05, 4.69) is 12.1 Å². The molecule has 0 saturated carbocycles. The molecular weight excluding hydrogens is 208 g/mol. The molecule has 0 aliphatic rings. The van der Waals surface area contributed by atoms with Crippen molar-refractivity contribution in [3.05, 3.63) is 35.9 Å². The summed E-state index contributed by atoms with van der Waals surface area (Å²) >= 11 is 1.70. The SMILES string of the molecule is CC(CSCCc1ccccc1)C(=O)O. The summed E-state index contributed by atoms with van der Waals surface area (Å²) in [6, 6.07) is 10.3. The predicted octanol–water partition coefficient (Wildman–Crippen LogP) is 2.68. The minimum Gasteiger partial charge on any atom is -0.481 e. The van der Waals surface area contributed by atoms with Crippen molar-refractivity contribution >= 4 is 17.7 Å². The van der Waals surface area contributed by atoms with Gasteiger partial charge in [-0.05, 0) is 17.7 Å². The van der Waals surface area contributed by atoms with E-state index in [4.69, 9.17) is 5.11 Å². The second kappa shape index (κ2) is 6.51. The molecule has 1 rings (SSSR count). The number of benzene rings is 1. The van der Waals surface area contributed by atoms with E-state index in [1.807, 2.05) is 18.2 Å². The molecule has 3 heteroatoms. The van der Waals surface area contributed by atoms with Gasteiger partial charge in [-0.25, -0.2) is 0 Å². The molecule has 0 amide bonds. The number of aryl methyl sites for hydroxylation is 1. The minimum atomic E-state index is -0.706. The van der Waals surface area contributed by atoms with E-state index in [1.54, 1.807) is 18.7 Å². The first-order valence-electron chi connectivity index (χ1n) is 5.04. The maximum Gasteiger partial charge on any atom is 0.307 e. The van der Waals surface area contributed by atoms with Crippen LogP contribution in [0.2, 0.25) is 0 Å². The number of aliphatic carboxylic acids is 1. The number of carboxylic acid groups (broad SMARTS) is 1. The molecule has 1 atom stereocenters. The first kappa shape index (κ1) is 12.1. The molecule has 0 aliphatic carbocycles. The van der Waals surface area contributed by atoms with Crippen LogP contribution in [0.15, 0.2) is 30.3 Å². The first-order valence-corrected chi connectivity index (χ1v) is 6.20. The number of carboxylic acids is 1. The smallest absolute Gasteiger partial charge is 0.307 e. The van der Waals surface area contributed by atoms with E-state index in [-0.39, 0.29) is 5.92 Å². The zero-order valence-electron chi connectivity index (χ0n) is 8.85. The summed E-state index contributed by atoms with van der Waals surface area (Å²) in [5.41, 5.74) is 1.31. The Hall–Kier alpha value is -0.960. The molecule has 82 valence electrons. The fraction of sp³-hybridized carbons (Fsp3) is 0.417. The highest BCUT2D eigenvalue weighted by Gasteiger charge is 2.09. The Morgan fingerprint density at radius 3 is 2.67 bits per heavy atom. The third-order valence-electron chi connectivity index (χ3n) is 2.17. The molecule has 0 aromatic heterocycles. The summed E-state index contributed by atoms with van der Waals surface area (Å²) in [4.78, 5) is 10.6. The number of hydrogen-bond acceptors (Lipinski definition) is 2. The molecule has 0 fully saturated rings. The molecule has 1 N–H and O–H groups in total. The number of thioether (sulfide) groups is 1. The summed E-state index contributed by atoms with van der Waals surface area (Å²) in [6.07, 6.45) is 1.01. The van der Waals surface area contributed by atoms with Gasteiger partial charge >= 0.3 is 5.97 Å². The second-order valence-corrected chi connectivity index (χ2v) is 4.70. The van der Waals surface area contributed by atoms with Crippen LogP contribution in [0.25, 0.3) is 0 Å². The fourth-order valence-corrected chi connectivity index (χ4v) is 2.21. The van der Waals surface area contributed by atoms with E-state index < -0.39 is 5.97 Å². The molecule has 0 aliphatic heterocycles. The van der Waals surface area contributed by atoms with Crippen LogP contribution in [0.3, 0.4) is 0 Å². The number of rotatable bonds is 6. The lowest BCUT2D eigenvalue weighted by Crippen LogP contribution is -2.12. The van der Waals surface area contributed by atoms with Crippen molar-refractivity contribution in [3.63, 3.8) is 0 Å². The van der Waals surface area contributed by atoms with E-state index in [1.165, 1.54) is 5.56 Å². The lowest BCUT2D eigenvalue weighted by molar-refractivity contribution is -0.140. The van der Waals surface area contributed by atoms with Crippen LogP contribution < -0.4 is 0 Å². The van der Waals surface area contributed by atoms with Crippen LogP contribution in [0.1, 0.15) is 12.5 Å². The van der Waals surface area contributed by atoms with Gasteiger partial charge in [-0.2, -0.15) is 11.8 Å². The van der Waals surface area contributed by atoms with Crippen LogP contribution in [0, 0.1) is 5.92 Å². The molecule has 0 heterocycles. The van der Waals surface area contributed by atoms with Gasteiger partial charge in [0.25, 0.3) is 0 Å². The van der Waals surface area contributed by atoms with Gasteiger partial charge in [-0.15, -0.1) is 0 Å². The average molecular weight is 224 g/mol. The third kappa shape index (κ3) is 4.88. The van der Waals surface area contributed by atoms with Gasteiger partial charge in [-0.3, -0.25) is 4.79 Å². The standard InChI is InChI=1S/C12H16O2S/c1-10(12(13)14)9-15-8-7-11-5-3-2-4-6-11/h2-6,10H,7-9H2,1H3,(H,13,14). The normalized spacial score (nSPS) is 12.3. The van der Waals surface area contributed by atoms with Crippen molar-refractivity contribution < 1.29 is 9.90 Å². The van der Waals surface area contributed by atoms with Crippen molar-refractivity contribution in [2.24, 2.45) is 5.92 Å². The van der Waals surface area contributed by atoms with Gasteiger partial charge in [0.2, 0.25) is 0 Å². The van der Waals surface area contributed by atoms with Crippen LogP contribution in [-0.2, 0) is 11.2 Å². The van der Waals surface area contributed by atoms with Gasteiger partial charge in [0.15, 0.2) is 0 Å². The highest BCUT2D eigenvalue weighted by molar-refractivity contribution is 7.99. The first-order chi connectivity index (χ1) is 7.20. The maximum absolute atomic E-state index is 10.6. The van der Waals surface area contributed by atoms with Gasteiger partial charge in [-0.1, -0.05) is 37.3 Å². The molecule has 0 radical (unpaired) electrons. The number of carbonyl (C=O) groups is 1. The Balaban J connectivity index is 2.15. The van der Waals surface area contributed by atoms with Gasteiger partial charge in [0.1, 0.15) is 0 Å². The lowest BCUT2D eigenvalue weighted by Gasteiger charge is -2.05. The van der Waals surface area contributed by atoms with E-state index >= 15 is 0 Å². The van der Waals surface area contributed by atoms with Crippen LogP contribution >= 0.6 is 11.8 Å². The Bertz CT molecular complexity index is 298. The van der Waals surface area contributed by atoms with Crippen molar-refractivity contribution in [1.29, 1.82) is 0 Å². The Kier molecular flexibility index (Phi) is 5.26. The van der Waals surface area contributed by atoms with E-state index in [0.717, 1.165) is 12.2 Å². The summed E-state index contributed by atoms with van der Waals surface area (Å²) in [5, 5.41) is 8.69. The van der Waals surface area contributed by atoms with Gasteiger partial charge in [0, 0.05) is 5.75 Å². The van der Waals surface area contributed by atoms with Crippen LogP contribution in [0.5, 0.6) is 0 Å². The molecule has 0 saturated heterocycles. The molecular formula is C12H16O2S. The van der Waals surface area contributed by atoms with Crippen molar-refractivity contribution in [1.82, 2.24) is 0 Å². The molecule has 1 aromatic rings. The zero-order valence-corrected chi connectivity index (χ0v) is 9.67. The van der Waals surface area contributed by atoms with Crippen LogP contribution in [-0.4, -0.2) is 22.6 Å². The average Bonchev–Trinajstić information content (AvgIpc) is 2.25. The molecule has 2 nitrogen and oxygen atoms in total. The number of hydrogen-bond donors (Lipinski definition) is 1. The zero-order chi connectivity index (χ0) is 11.1. The molecule has 1 unspecified atom stereocenters. The lowest BCUT2D eigenvalue weighted by atomic mass is 10.2. The topological polar surface area (TPSA) is 37.3 Å². The third-order valence-corrected chi connectivity index (χ3v) is 3.40. The van der Waals surface area contributed by atoms with Crippen molar-refractivity contribution in [2.45, 2.75) is 13.3 Å². The molecule has 15 heavy (non-hydrogen) atoms. The molecule has 0 bridgehead atoms. The van der Waals surface area contributed by atoms with E-state index in [9.17, 15) is 4.79 Å². The molecule has 1 aromatic carbocycles. The predicted molar refractivity (Wildman–Crippen MR) is 64.3 cm³/mol. The Morgan fingerprint density at radius 2 is 2.07 bits per heavy atom. The van der Waals surface area contributed by atoms with Gasteiger partial charge < -0.3 is 5.11 Å². The summed E-state index contributed by atoms with van der Waals surface area (Å²) in [5.74, 6) is 0.733. The van der Waals surface area contributed by atoms with Crippen molar-refractivity contribution in [3.8, 4) is 0 Å². The van der Waals surface area contributed by atoms with Crippen molar-refractivity contribution in [2.75, 3.05) is 11.5 Å². The fourth-order valence-electron chi connectivity index (χ4n) is 1.17. The molecule has 0 spiro atoms. The maximum atomic E-state index is 10.6. The summed E-state index contributed by atoms with van der Waals surface area (Å²) in [6.45, 7) is 1.75. The van der Waals surface area contributed by atoms with Crippen LogP contribution in [0.4, 0.5) is 0 Å². The highest BCUT2D eigenvalue weighted by Crippen LogP contribution is 2.11. The summed E-state index contributed by atoms with van der Waals surface area (Å²) in [7, 11) is 0. The minimum absolute atomic E-state index is 0.245. The highest BCUT2D eigenvalue weighted by atomic mass is 32.2. The monoisotopic (exact) mass is 224 g/mol. The van der Waals surface area contributed by atoms with Gasteiger partial charge in [0.05, 0.1) is 5.92 Å². The van der Waals surface area contributed by atoms with E-state index in [0.29, 0.717) is 5.75 Å².